The maximum absolute atomic E-state index is 12.5. The molecule has 2 amide bonds. The van der Waals surface area contributed by atoms with Crippen LogP contribution in [0.25, 0.3) is 0 Å². The second-order valence-corrected chi connectivity index (χ2v) is 6.19. The molecule has 2 heterocycles. The fraction of sp³-hybridized carbons (Fsp3) is 0.562. The molecule has 1 aliphatic heterocycles. The molecular formula is C16H21N2O3+. The van der Waals surface area contributed by atoms with Gasteiger partial charge in [-0.05, 0) is 43.5 Å². The van der Waals surface area contributed by atoms with Gasteiger partial charge >= 0.3 is 0 Å². The first-order chi connectivity index (χ1) is 10.0. The van der Waals surface area contributed by atoms with Crippen molar-refractivity contribution in [3.05, 3.63) is 29.7 Å². The molecule has 0 saturated carbocycles. The van der Waals surface area contributed by atoms with Crippen LogP contribution in [0.1, 0.15) is 44.8 Å². The molecule has 0 radical (unpaired) electrons. The van der Waals surface area contributed by atoms with E-state index in [0.29, 0.717) is 18.1 Å². The van der Waals surface area contributed by atoms with Crippen molar-refractivity contribution in [1.29, 1.82) is 0 Å². The highest BCUT2D eigenvalue weighted by atomic mass is 16.5. The summed E-state index contributed by atoms with van der Waals surface area (Å²) >= 11 is 0. The summed E-state index contributed by atoms with van der Waals surface area (Å²) in [5, 5.41) is 1.14. The Morgan fingerprint density at radius 2 is 2.19 bits per heavy atom. The van der Waals surface area contributed by atoms with Crippen LogP contribution in [0.5, 0.6) is 0 Å². The average Bonchev–Trinajstić information content (AvgIpc) is 2.97. The second kappa shape index (κ2) is 5.47. The van der Waals surface area contributed by atoms with Gasteiger partial charge in [0.05, 0.1) is 12.0 Å². The number of carbonyl (C=O) groups excluding carboxylic acids is 2. The quantitative estimate of drug-likeness (QED) is 0.486. The van der Waals surface area contributed by atoms with Crippen molar-refractivity contribution >= 4 is 11.8 Å². The van der Waals surface area contributed by atoms with Crippen molar-refractivity contribution in [1.82, 2.24) is 0 Å². The summed E-state index contributed by atoms with van der Waals surface area (Å²) in [6.07, 6.45) is 8.22. The lowest BCUT2D eigenvalue weighted by atomic mass is 9.83. The normalized spacial score (nSPS) is 26.4. The largest absolute Gasteiger partial charge is 0.295 e. The lowest BCUT2D eigenvalue weighted by Gasteiger charge is -2.21. The zero-order valence-corrected chi connectivity index (χ0v) is 12.5. The number of nitrogens with zero attached hydrogens (tertiary/aromatic N) is 2. The Hall–Kier alpha value is -1.91. The second-order valence-electron chi connectivity index (χ2n) is 6.19. The lowest BCUT2D eigenvalue weighted by molar-refractivity contribution is -0.845. The molecule has 5 heteroatoms. The molecule has 0 spiro atoms. The smallest absolute Gasteiger partial charge is 0.268 e. The molecule has 0 aromatic carbocycles. The summed E-state index contributed by atoms with van der Waals surface area (Å²) in [4.78, 5) is 25.8. The van der Waals surface area contributed by atoms with Crippen LogP contribution >= 0.6 is 0 Å². The van der Waals surface area contributed by atoms with E-state index in [2.05, 4.69) is 13.0 Å². The number of imide groups is 1. The van der Waals surface area contributed by atoms with Crippen LogP contribution in [0, 0.1) is 18.8 Å². The molecule has 2 aliphatic rings. The molecule has 2 unspecified atom stereocenters. The summed E-state index contributed by atoms with van der Waals surface area (Å²) in [6, 6.07) is 1.74. The van der Waals surface area contributed by atoms with Crippen LogP contribution in [-0.2, 0) is 9.59 Å². The Labute approximate surface area is 124 Å². The van der Waals surface area contributed by atoms with Gasteiger partial charge in [0.25, 0.3) is 18.0 Å². The fourth-order valence-corrected chi connectivity index (χ4v) is 3.19. The van der Waals surface area contributed by atoms with E-state index >= 15 is 0 Å². The summed E-state index contributed by atoms with van der Waals surface area (Å²) in [6.45, 7) is 3.94. The minimum atomic E-state index is -0.202. The van der Waals surface area contributed by atoms with Gasteiger partial charge in [0.1, 0.15) is 4.85 Å². The Morgan fingerprint density at radius 1 is 1.38 bits per heavy atom. The van der Waals surface area contributed by atoms with Crippen molar-refractivity contribution in [2.75, 3.05) is 5.01 Å². The monoisotopic (exact) mass is 289 g/mol. The molecular weight excluding hydrogens is 268 g/mol. The maximum atomic E-state index is 12.5. The standard InChI is InChI=1S/C16H21N2O3/c1-11-3-5-13(6-4-11)9-14-10-15(19)18(16(14)20)17-8-7-12(2)21-17/h3,7-8,13-14H,4-6,9-10H2,1-2H3/q+1. The van der Waals surface area contributed by atoms with Gasteiger partial charge in [0, 0.05) is 13.3 Å². The van der Waals surface area contributed by atoms with Crippen LogP contribution in [0.4, 0.5) is 0 Å². The van der Waals surface area contributed by atoms with Crippen molar-refractivity contribution in [3.63, 3.8) is 0 Å². The number of aromatic nitrogens is 1. The molecule has 21 heavy (non-hydrogen) atoms. The summed E-state index contributed by atoms with van der Waals surface area (Å²) in [5.41, 5.74) is 1.43. The Morgan fingerprint density at radius 3 is 2.81 bits per heavy atom. The molecule has 112 valence electrons. The number of hydrogen-bond donors (Lipinski definition) is 0. The van der Waals surface area contributed by atoms with Gasteiger partial charge in [-0.15, -0.1) is 0 Å². The lowest BCUT2D eigenvalue weighted by Crippen LogP contribution is -2.59. The molecule has 1 aromatic heterocycles. The summed E-state index contributed by atoms with van der Waals surface area (Å²) in [7, 11) is 0. The first-order valence-corrected chi connectivity index (χ1v) is 7.56. The minimum Gasteiger partial charge on any atom is -0.268 e. The maximum Gasteiger partial charge on any atom is 0.295 e. The highest BCUT2D eigenvalue weighted by Gasteiger charge is 2.47. The highest BCUT2D eigenvalue weighted by Crippen LogP contribution is 2.32. The fourth-order valence-electron chi connectivity index (χ4n) is 3.19. The third-order valence-corrected chi connectivity index (χ3v) is 4.45. The Bertz CT molecular complexity index is 602. The molecule has 2 atom stereocenters. The predicted octanol–water partition coefficient (Wildman–Crippen LogP) is 2.02. The molecule has 5 nitrogen and oxygen atoms in total. The van der Waals surface area contributed by atoms with Crippen LogP contribution in [0.3, 0.4) is 0 Å². The van der Waals surface area contributed by atoms with Gasteiger partial charge in [-0.25, -0.2) is 4.52 Å². The van der Waals surface area contributed by atoms with E-state index in [1.165, 1.54) is 10.4 Å². The third-order valence-electron chi connectivity index (χ3n) is 4.45. The van der Waals surface area contributed by atoms with E-state index < -0.39 is 0 Å². The minimum absolute atomic E-state index is 0.134. The number of hydrogen-bond acceptors (Lipinski definition) is 3. The number of amides is 2. The third kappa shape index (κ3) is 2.77. The first kappa shape index (κ1) is 14.0. The Balaban J connectivity index is 1.69. The van der Waals surface area contributed by atoms with Gasteiger partial charge < -0.3 is 0 Å². The zero-order valence-electron chi connectivity index (χ0n) is 12.5. The van der Waals surface area contributed by atoms with E-state index in [1.54, 1.807) is 19.2 Å². The van der Waals surface area contributed by atoms with E-state index in [0.717, 1.165) is 30.7 Å². The number of rotatable bonds is 3. The van der Waals surface area contributed by atoms with Gasteiger partial charge in [-0.3, -0.25) is 9.59 Å². The van der Waals surface area contributed by atoms with Crippen LogP contribution in [0.15, 0.2) is 28.4 Å². The van der Waals surface area contributed by atoms with Crippen molar-refractivity contribution in [2.45, 2.75) is 46.0 Å². The number of aryl methyl sites for hydroxylation is 1. The van der Waals surface area contributed by atoms with Crippen molar-refractivity contribution in [2.24, 2.45) is 11.8 Å². The van der Waals surface area contributed by atoms with Crippen LogP contribution in [0.2, 0.25) is 0 Å². The van der Waals surface area contributed by atoms with E-state index in [4.69, 9.17) is 4.52 Å². The number of allylic oxidation sites excluding steroid dienone is 2. The van der Waals surface area contributed by atoms with Gasteiger partial charge in [0.2, 0.25) is 0 Å². The van der Waals surface area contributed by atoms with Crippen molar-refractivity contribution in [3.8, 4) is 0 Å². The van der Waals surface area contributed by atoms with Crippen molar-refractivity contribution < 1.29 is 19.0 Å². The van der Waals surface area contributed by atoms with Gasteiger partial charge in [0.15, 0.2) is 5.76 Å². The molecule has 1 aliphatic carbocycles. The van der Waals surface area contributed by atoms with Gasteiger partial charge in [-0.2, -0.15) is 0 Å². The van der Waals surface area contributed by atoms with E-state index in [9.17, 15) is 9.59 Å². The molecule has 3 rings (SSSR count). The summed E-state index contributed by atoms with van der Waals surface area (Å²) in [5.74, 6) is 0.676. The molecule has 0 bridgehead atoms. The first-order valence-electron chi connectivity index (χ1n) is 7.56. The highest BCUT2D eigenvalue weighted by molar-refractivity contribution is 6.13. The van der Waals surface area contributed by atoms with Crippen LogP contribution in [-0.4, -0.2) is 11.8 Å². The van der Waals surface area contributed by atoms with E-state index in [1.807, 2.05) is 0 Å². The topological polar surface area (TPSA) is 54.4 Å². The molecule has 0 N–H and O–H groups in total. The Kier molecular flexibility index (Phi) is 3.66. The predicted molar refractivity (Wildman–Crippen MR) is 75.7 cm³/mol. The molecule has 1 saturated heterocycles. The van der Waals surface area contributed by atoms with Gasteiger partial charge in [-0.1, -0.05) is 11.6 Å². The SMILES string of the molecule is CC1=CCC(CC2CC(=O)N([n+]3ccc(C)o3)C2=O)CC1. The van der Waals surface area contributed by atoms with E-state index in [-0.39, 0.29) is 17.7 Å². The average molecular weight is 289 g/mol. The number of carbonyl (C=O) groups is 2. The van der Waals surface area contributed by atoms with Crippen LogP contribution < -0.4 is 9.86 Å². The summed E-state index contributed by atoms with van der Waals surface area (Å²) < 4.78 is 5.35. The molecule has 1 fully saturated rings. The molecule has 1 aromatic rings. The zero-order chi connectivity index (χ0) is 15.0.